The molecule has 1 aromatic carbocycles. The highest BCUT2D eigenvalue weighted by Gasteiger charge is 2.13. The third kappa shape index (κ3) is 3.75. The van der Waals surface area contributed by atoms with Gasteiger partial charge in [0.15, 0.2) is 4.34 Å². The molecule has 144 valence electrons. The van der Waals surface area contributed by atoms with Crippen LogP contribution in [0.2, 0.25) is 0 Å². The van der Waals surface area contributed by atoms with Crippen LogP contribution in [0.3, 0.4) is 0 Å². The van der Waals surface area contributed by atoms with Crippen molar-refractivity contribution in [2.45, 2.75) is 23.9 Å². The van der Waals surface area contributed by atoms with Crippen LogP contribution >= 0.6 is 34.4 Å². The lowest BCUT2D eigenvalue weighted by atomic mass is 10.2. The van der Waals surface area contributed by atoms with Crippen LogP contribution in [-0.2, 0) is 5.75 Å². The molecule has 0 aliphatic rings. The van der Waals surface area contributed by atoms with Gasteiger partial charge in [-0.05, 0) is 31.5 Å². The number of anilines is 2. The minimum atomic E-state index is -0.0850. The lowest BCUT2D eigenvalue weighted by Crippen LogP contribution is -2.10. The number of H-pyrrole nitrogens is 1. The summed E-state index contributed by atoms with van der Waals surface area (Å²) in [5.74, 6) is 1.89. The fraction of sp³-hybridized carbons (Fsp3) is 0.222. The Morgan fingerprint density at radius 1 is 1.21 bits per heavy atom. The Balaban J connectivity index is 1.48. The quantitative estimate of drug-likeness (QED) is 0.434. The predicted octanol–water partition coefficient (Wildman–Crippen LogP) is 4.50. The normalized spacial score (nSPS) is 11.1. The maximum atomic E-state index is 12.4. The molecule has 0 unspecified atom stereocenters. The number of aryl methyl sites for hydroxylation is 2. The number of para-hydroxylation sites is 2. The molecule has 0 amide bonds. The van der Waals surface area contributed by atoms with Crippen molar-refractivity contribution in [3.8, 4) is 5.75 Å². The largest absolute Gasteiger partial charge is 0.495 e. The maximum absolute atomic E-state index is 12.4. The standard InChI is InChI=1S/C18H17N5O2S3/c1-9-10(2)27-16-14(9)15(24)20-13(21-16)8-26-18-23-22-17(28-18)19-11-6-4-5-7-12(11)25-3/h4-7H,8H2,1-3H3,(H,19,22)(H,20,21,24). The van der Waals surface area contributed by atoms with Crippen molar-refractivity contribution >= 4 is 55.5 Å². The highest BCUT2D eigenvalue weighted by molar-refractivity contribution is 8.00. The summed E-state index contributed by atoms with van der Waals surface area (Å²) in [5, 5.41) is 13.0. The molecule has 10 heteroatoms. The van der Waals surface area contributed by atoms with Gasteiger partial charge in [0.05, 0.1) is 23.9 Å². The van der Waals surface area contributed by atoms with Crippen molar-refractivity contribution in [1.29, 1.82) is 0 Å². The Morgan fingerprint density at radius 2 is 2.04 bits per heavy atom. The lowest BCUT2D eigenvalue weighted by Gasteiger charge is -2.07. The van der Waals surface area contributed by atoms with Gasteiger partial charge in [0.25, 0.3) is 5.56 Å². The predicted molar refractivity (Wildman–Crippen MR) is 115 cm³/mol. The molecule has 0 saturated heterocycles. The van der Waals surface area contributed by atoms with E-state index in [-0.39, 0.29) is 5.56 Å². The monoisotopic (exact) mass is 431 g/mol. The SMILES string of the molecule is COc1ccccc1Nc1nnc(SCc2nc3sc(C)c(C)c3c(=O)[nH]2)s1. The van der Waals surface area contributed by atoms with Gasteiger partial charge in [-0.1, -0.05) is 35.2 Å². The number of thiophene rings is 1. The first-order valence-electron chi connectivity index (χ1n) is 8.40. The van der Waals surface area contributed by atoms with E-state index in [2.05, 4.69) is 25.5 Å². The van der Waals surface area contributed by atoms with E-state index in [0.717, 1.165) is 31.0 Å². The average molecular weight is 432 g/mol. The molecule has 3 aromatic heterocycles. The van der Waals surface area contributed by atoms with Crippen molar-refractivity contribution in [3.63, 3.8) is 0 Å². The van der Waals surface area contributed by atoms with Gasteiger partial charge in [0.2, 0.25) is 5.13 Å². The van der Waals surface area contributed by atoms with Gasteiger partial charge < -0.3 is 15.0 Å². The first kappa shape index (κ1) is 18.9. The number of rotatable bonds is 6. The number of fused-ring (bicyclic) bond motifs is 1. The van der Waals surface area contributed by atoms with Gasteiger partial charge in [0.1, 0.15) is 16.4 Å². The number of methoxy groups -OCH3 is 1. The van der Waals surface area contributed by atoms with Gasteiger partial charge >= 0.3 is 0 Å². The smallest absolute Gasteiger partial charge is 0.259 e. The van der Waals surface area contributed by atoms with Gasteiger partial charge in [0, 0.05) is 4.88 Å². The summed E-state index contributed by atoms with van der Waals surface area (Å²) < 4.78 is 6.12. The Morgan fingerprint density at radius 3 is 2.86 bits per heavy atom. The second-order valence-electron chi connectivity index (χ2n) is 5.96. The summed E-state index contributed by atoms with van der Waals surface area (Å²) >= 11 is 4.48. The first-order chi connectivity index (χ1) is 13.5. The third-order valence-corrected chi connectivity index (χ3v) is 7.26. The Hall–Kier alpha value is -2.43. The van der Waals surface area contributed by atoms with Gasteiger partial charge in [-0.15, -0.1) is 21.5 Å². The van der Waals surface area contributed by atoms with Gasteiger partial charge in [-0.3, -0.25) is 4.79 Å². The topological polar surface area (TPSA) is 92.8 Å². The highest BCUT2D eigenvalue weighted by Crippen LogP contribution is 2.32. The van der Waals surface area contributed by atoms with E-state index in [9.17, 15) is 4.79 Å². The number of aromatic nitrogens is 4. The number of benzene rings is 1. The van der Waals surface area contributed by atoms with Gasteiger partial charge in [-0.2, -0.15) is 0 Å². The van der Waals surface area contributed by atoms with E-state index < -0.39 is 0 Å². The van der Waals surface area contributed by atoms with Crippen molar-refractivity contribution in [1.82, 2.24) is 20.2 Å². The summed E-state index contributed by atoms with van der Waals surface area (Å²) in [6, 6.07) is 7.63. The number of hydrogen-bond donors (Lipinski definition) is 2. The molecule has 7 nitrogen and oxygen atoms in total. The summed E-state index contributed by atoms with van der Waals surface area (Å²) in [6.07, 6.45) is 0. The second-order valence-corrected chi connectivity index (χ2v) is 9.37. The van der Waals surface area contributed by atoms with Crippen LogP contribution in [0.4, 0.5) is 10.8 Å². The van der Waals surface area contributed by atoms with Crippen LogP contribution in [0, 0.1) is 13.8 Å². The van der Waals surface area contributed by atoms with E-state index >= 15 is 0 Å². The molecule has 0 atom stereocenters. The second kappa shape index (κ2) is 7.90. The van der Waals surface area contributed by atoms with Crippen LogP contribution in [-0.4, -0.2) is 27.3 Å². The Kier molecular flexibility index (Phi) is 5.33. The van der Waals surface area contributed by atoms with Crippen molar-refractivity contribution in [3.05, 3.63) is 50.9 Å². The Labute approximate surface area is 173 Å². The molecule has 0 fully saturated rings. The van der Waals surface area contributed by atoms with E-state index in [1.807, 2.05) is 38.1 Å². The minimum absolute atomic E-state index is 0.0850. The zero-order valence-corrected chi connectivity index (χ0v) is 17.8. The van der Waals surface area contributed by atoms with Crippen LogP contribution in [0.1, 0.15) is 16.3 Å². The molecule has 4 rings (SSSR count). The zero-order chi connectivity index (χ0) is 19.7. The third-order valence-electron chi connectivity index (χ3n) is 4.18. The number of nitrogens with one attached hydrogen (secondary N) is 2. The molecule has 0 aliphatic carbocycles. The molecule has 0 saturated carbocycles. The summed E-state index contributed by atoms with van der Waals surface area (Å²) in [7, 11) is 1.63. The first-order valence-corrected chi connectivity index (χ1v) is 11.0. The molecular weight excluding hydrogens is 414 g/mol. The average Bonchev–Trinajstić information content (AvgIpc) is 3.25. The van der Waals surface area contributed by atoms with E-state index in [1.54, 1.807) is 18.4 Å². The highest BCUT2D eigenvalue weighted by atomic mass is 32.2. The summed E-state index contributed by atoms with van der Waals surface area (Å²) in [4.78, 5) is 21.7. The number of hydrogen-bond acceptors (Lipinski definition) is 9. The van der Waals surface area contributed by atoms with E-state index in [4.69, 9.17) is 4.74 Å². The van der Waals surface area contributed by atoms with E-state index in [1.165, 1.54) is 23.1 Å². The van der Waals surface area contributed by atoms with Gasteiger partial charge in [-0.25, -0.2) is 4.98 Å². The molecule has 0 radical (unpaired) electrons. The van der Waals surface area contributed by atoms with E-state index in [0.29, 0.717) is 22.1 Å². The molecular formula is C18H17N5O2S3. The van der Waals surface area contributed by atoms with Crippen LogP contribution in [0.25, 0.3) is 10.2 Å². The molecule has 0 bridgehead atoms. The molecule has 4 aromatic rings. The minimum Gasteiger partial charge on any atom is -0.495 e. The molecule has 28 heavy (non-hydrogen) atoms. The fourth-order valence-electron chi connectivity index (χ4n) is 2.68. The molecule has 2 N–H and O–H groups in total. The molecule has 3 heterocycles. The van der Waals surface area contributed by atoms with Crippen LogP contribution in [0.5, 0.6) is 5.75 Å². The van der Waals surface area contributed by atoms with Crippen LogP contribution in [0.15, 0.2) is 33.4 Å². The summed E-state index contributed by atoms with van der Waals surface area (Å²) in [5.41, 5.74) is 1.75. The number of nitrogens with zero attached hydrogens (tertiary/aromatic N) is 3. The van der Waals surface area contributed by atoms with Crippen LogP contribution < -0.4 is 15.6 Å². The molecule has 0 spiro atoms. The Bertz CT molecular complexity index is 1200. The summed E-state index contributed by atoms with van der Waals surface area (Å²) in [6.45, 7) is 3.96. The number of aromatic amines is 1. The van der Waals surface area contributed by atoms with Crippen molar-refractivity contribution in [2.75, 3.05) is 12.4 Å². The number of ether oxygens (including phenoxy) is 1. The number of thioether (sulfide) groups is 1. The zero-order valence-electron chi connectivity index (χ0n) is 15.4. The van der Waals surface area contributed by atoms with Crippen molar-refractivity contribution < 1.29 is 4.74 Å². The fourth-order valence-corrected chi connectivity index (χ4v) is 5.36. The maximum Gasteiger partial charge on any atom is 0.259 e. The van der Waals surface area contributed by atoms with Crippen molar-refractivity contribution in [2.24, 2.45) is 0 Å². The lowest BCUT2D eigenvalue weighted by molar-refractivity contribution is 0.417. The molecule has 0 aliphatic heterocycles.